The number of H-pyrrole nitrogens is 1. The van der Waals surface area contributed by atoms with Crippen molar-refractivity contribution in [2.24, 2.45) is 0 Å². The Morgan fingerprint density at radius 2 is 1.75 bits per heavy atom. The predicted molar refractivity (Wildman–Crippen MR) is 117 cm³/mol. The zero-order valence-corrected chi connectivity index (χ0v) is 16.4. The molecule has 4 aromatic rings. The number of aromatic nitrogens is 1. The van der Waals surface area contributed by atoms with E-state index in [1.807, 2.05) is 0 Å². The number of hydrogen-bond donors (Lipinski definition) is 1. The highest BCUT2D eigenvalue weighted by Gasteiger charge is 2.32. The SMILES string of the molecule is Cc1ccc2c(C3CCN(C4Cc5cccc6cccc4c56)CC3)c[nH]c2c1. The number of likely N-dealkylation sites (tertiary alicyclic amines) is 1. The van der Waals surface area contributed by atoms with E-state index in [0.29, 0.717) is 12.0 Å². The lowest BCUT2D eigenvalue weighted by atomic mass is 9.88. The quantitative estimate of drug-likeness (QED) is 0.454. The van der Waals surface area contributed by atoms with E-state index in [1.54, 1.807) is 5.56 Å². The zero-order valence-electron chi connectivity index (χ0n) is 16.4. The van der Waals surface area contributed by atoms with Crippen LogP contribution in [-0.4, -0.2) is 23.0 Å². The molecule has 140 valence electrons. The molecule has 1 atom stereocenters. The van der Waals surface area contributed by atoms with Crippen LogP contribution in [0, 0.1) is 6.92 Å². The molecule has 2 heterocycles. The molecular weight excluding hydrogens is 340 g/mol. The monoisotopic (exact) mass is 366 g/mol. The van der Waals surface area contributed by atoms with Crippen LogP contribution in [0.5, 0.6) is 0 Å². The maximum atomic E-state index is 3.50. The maximum Gasteiger partial charge on any atom is 0.0459 e. The molecule has 1 N–H and O–H groups in total. The van der Waals surface area contributed by atoms with Crippen molar-refractivity contribution < 1.29 is 0 Å². The summed E-state index contributed by atoms with van der Waals surface area (Å²) in [5.41, 5.74) is 7.22. The van der Waals surface area contributed by atoms with E-state index in [1.165, 1.54) is 70.7 Å². The van der Waals surface area contributed by atoms with Crippen molar-refractivity contribution in [3.8, 4) is 0 Å². The Balaban J connectivity index is 1.24. The van der Waals surface area contributed by atoms with Gasteiger partial charge in [-0.25, -0.2) is 0 Å². The predicted octanol–water partition coefficient (Wildman–Crippen LogP) is 6.11. The van der Waals surface area contributed by atoms with Crippen LogP contribution in [0.15, 0.2) is 60.8 Å². The minimum atomic E-state index is 0.563. The van der Waals surface area contributed by atoms with Gasteiger partial charge in [-0.05, 0) is 84.3 Å². The highest BCUT2D eigenvalue weighted by atomic mass is 15.2. The standard InChI is InChI=1S/C26H26N2/c1-17-8-9-21-23(16-27-24(21)14-17)18-10-12-28(13-11-18)25-15-20-6-2-4-19-5-3-7-22(25)26(19)20/h2-9,14,16,18,25,27H,10-13,15H2,1H3. The molecule has 0 amide bonds. The Morgan fingerprint density at radius 3 is 2.61 bits per heavy atom. The third kappa shape index (κ3) is 2.44. The van der Waals surface area contributed by atoms with E-state index >= 15 is 0 Å². The molecule has 0 radical (unpaired) electrons. The molecule has 3 aromatic carbocycles. The molecule has 2 aliphatic rings. The largest absolute Gasteiger partial charge is 0.361 e. The number of piperidine rings is 1. The summed E-state index contributed by atoms with van der Waals surface area (Å²) in [6, 6.07) is 21.0. The molecule has 6 rings (SSSR count). The number of aromatic amines is 1. The lowest BCUT2D eigenvalue weighted by Crippen LogP contribution is -2.36. The molecule has 0 bridgehead atoms. The molecule has 1 aliphatic carbocycles. The molecule has 1 fully saturated rings. The van der Waals surface area contributed by atoms with E-state index in [2.05, 4.69) is 77.6 Å². The van der Waals surface area contributed by atoms with Crippen LogP contribution in [0.4, 0.5) is 0 Å². The summed E-state index contributed by atoms with van der Waals surface area (Å²) in [6.07, 6.45) is 5.94. The lowest BCUT2D eigenvalue weighted by molar-refractivity contribution is 0.155. The average molecular weight is 367 g/mol. The Morgan fingerprint density at radius 1 is 0.929 bits per heavy atom. The number of nitrogens with one attached hydrogen (secondary N) is 1. The van der Waals surface area contributed by atoms with E-state index < -0.39 is 0 Å². The van der Waals surface area contributed by atoms with Crippen LogP contribution in [0.3, 0.4) is 0 Å². The molecule has 0 spiro atoms. The van der Waals surface area contributed by atoms with Crippen molar-refractivity contribution in [2.75, 3.05) is 13.1 Å². The Kier molecular flexibility index (Phi) is 3.64. The summed E-state index contributed by atoms with van der Waals surface area (Å²) >= 11 is 0. The molecule has 1 saturated heterocycles. The van der Waals surface area contributed by atoms with Crippen molar-refractivity contribution >= 4 is 21.7 Å². The van der Waals surface area contributed by atoms with Crippen molar-refractivity contribution in [2.45, 2.75) is 38.1 Å². The van der Waals surface area contributed by atoms with Gasteiger partial charge in [-0.15, -0.1) is 0 Å². The maximum absolute atomic E-state index is 3.50. The van der Waals surface area contributed by atoms with Gasteiger partial charge in [0.1, 0.15) is 0 Å². The van der Waals surface area contributed by atoms with Gasteiger partial charge in [0, 0.05) is 23.1 Å². The first-order valence-electron chi connectivity index (χ1n) is 10.6. The Bertz CT molecular complexity index is 1170. The van der Waals surface area contributed by atoms with Gasteiger partial charge in [0.15, 0.2) is 0 Å². The van der Waals surface area contributed by atoms with Gasteiger partial charge in [-0.3, -0.25) is 4.90 Å². The summed E-state index contributed by atoms with van der Waals surface area (Å²) in [5.74, 6) is 0.673. The third-order valence-electron chi connectivity index (χ3n) is 7.07. The van der Waals surface area contributed by atoms with Gasteiger partial charge in [0.05, 0.1) is 0 Å². The highest BCUT2D eigenvalue weighted by Crippen LogP contribution is 2.42. The summed E-state index contributed by atoms with van der Waals surface area (Å²) in [5, 5.41) is 4.34. The fourth-order valence-electron chi connectivity index (χ4n) is 5.66. The average Bonchev–Trinajstić information content (AvgIpc) is 3.31. The van der Waals surface area contributed by atoms with Gasteiger partial charge in [-0.2, -0.15) is 0 Å². The van der Waals surface area contributed by atoms with Crippen LogP contribution in [-0.2, 0) is 6.42 Å². The minimum absolute atomic E-state index is 0.563. The minimum Gasteiger partial charge on any atom is -0.361 e. The summed E-state index contributed by atoms with van der Waals surface area (Å²) < 4.78 is 0. The normalized spacial score (nSPS) is 20.4. The molecule has 1 unspecified atom stereocenters. The van der Waals surface area contributed by atoms with Crippen molar-refractivity contribution in [3.63, 3.8) is 0 Å². The molecule has 0 saturated carbocycles. The highest BCUT2D eigenvalue weighted by molar-refractivity contribution is 5.91. The van der Waals surface area contributed by atoms with Gasteiger partial charge < -0.3 is 4.98 Å². The van der Waals surface area contributed by atoms with E-state index in [4.69, 9.17) is 0 Å². The topological polar surface area (TPSA) is 19.0 Å². The van der Waals surface area contributed by atoms with Crippen molar-refractivity contribution in [1.82, 2.24) is 9.88 Å². The number of benzene rings is 3. The van der Waals surface area contributed by atoms with Crippen molar-refractivity contribution in [3.05, 3.63) is 83.0 Å². The van der Waals surface area contributed by atoms with Gasteiger partial charge in [0.2, 0.25) is 0 Å². The van der Waals surface area contributed by atoms with Gasteiger partial charge >= 0.3 is 0 Å². The number of rotatable bonds is 2. The third-order valence-corrected chi connectivity index (χ3v) is 7.07. The van der Waals surface area contributed by atoms with E-state index in [-0.39, 0.29) is 0 Å². The smallest absolute Gasteiger partial charge is 0.0459 e. The first-order chi connectivity index (χ1) is 13.8. The fraction of sp³-hybridized carbons (Fsp3) is 0.308. The van der Waals surface area contributed by atoms with E-state index in [0.717, 1.165) is 0 Å². The second-order valence-electron chi connectivity index (χ2n) is 8.69. The molecule has 2 nitrogen and oxygen atoms in total. The summed E-state index contributed by atoms with van der Waals surface area (Å²) in [4.78, 5) is 6.24. The van der Waals surface area contributed by atoms with Crippen molar-refractivity contribution in [1.29, 1.82) is 0 Å². The van der Waals surface area contributed by atoms with Gasteiger partial charge in [-0.1, -0.05) is 48.5 Å². The molecule has 1 aliphatic heterocycles. The number of aryl methyl sites for hydroxylation is 1. The second-order valence-corrected chi connectivity index (χ2v) is 8.69. The Hall–Kier alpha value is -2.58. The van der Waals surface area contributed by atoms with Crippen LogP contribution >= 0.6 is 0 Å². The fourth-order valence-corrected chi connectivity index (χ4v) is 5.66. The second kappa shape index (κ2) is 6.22. The number of fused-ring (bicyclic) bond motifs is 1. The van der Waals surface area contributed by atoms with Crippen LogP contribution in [0.2, 0.25) is 0 Å². The first-order valence-corrected chi connectivity index (χ1v) is 10.6. The molecule has 28 heavy (non-hydrogen) atoms. The number of hydrogen-bond acceptors (Lipinski definition) is 1. The lowest BCUT2D eigenvalue weighted by Gasteiger charge is -2.36. The summed E-state index contributed by atoms with van der Waals surface area (Å²) in [7, 11) is 0. The van der Waals surface area contributed by atoms with Crippen LogP contribution < -0.4 is 0 Å². The zero-order chi connectivity index (χ0) is 18.7. The summed E-state index contributed by atoms with van der Waals surface area (Å²) in [6.45, 7) is 4.55. The Labute approximate surface area is 166 Å². The number of nitrogens with zero attached hydrogens (tertiary/aromatic N) is 1. The van der Waals surface area contributed by atoms with Crippen LogP contribution in [0.1, 0.15) is 47.1 Å². The van der Waals surface area contributed by atoms with Crippen LogP contribution in [0.25, 0.3) is 21.7 Å². The van der Waals surface area contributed by atoms with Gasteiger partial charge in [0.25, 0.3) is 0 Å². The molecule has 2 heteroatoms. The first kappa shape index (κ1) is 16.4. The molecule has 1 aromatic heterocycles. The molecular formula is C26H26N2. The van der Waals surface area contributed by atoms with E-state index in [9.17, 15) is 0 Å².